The Bertz CT molecular complexity index is 1350. The molecule has 0 saturated carbocycles. The van der Waals surface area contributed by atoms with Crippen molar-refractivity contribution in [3.8, 4) is 11.5 Å². The standard InChI is InChI=1S/C28H27NO5/c1-28(2)13-19-24-17-8-5-4-7-16(17)11-12-20(24)29-26(25(19)21(30)14-28)18-9-6-10-22(33-3)27(18)34-15-23(31)32/h4-12,26,29H,13-15H2,1-3H3,(H,31,32)/t26-/m1/s1. The highest BCUT2D eigenvalue weighted by Gasteiger charge is 2.41. The van der Waals surface area contributed by atoms with E-state index in [1.165, 1.54) is 7.11 Å². The predicted octanol–water partition coefficient (Wildman–Crippen LogP) is 5.62. The number of hydrogen-bond acceptors (Lipinski definition) is 5. The number of carbonyl (C=O) groups is 2. The first-order valence-electron chi connectivity index (χ1n) is 11.4. The number of carboxylic acid groups (broad SMARTS) is 1. The third-order valence-electron chi connectivity index (χ3n) is 6.62. The number of ether oxygens (including phenoxy) is 2. The van der Waals surface area contributed by atoms with Gasteiger partial charge in [-0.15, -0.1) is 0 Å². The van der Waals surface area contributed by atoms with Crippen LogP contribution in [0.15, 0.2) is 60.2 Å². The van der Waals surface area contributed by atoms with E-state index in [0.29, 0.717) is 23.5 Å². The highest BCUT2D eigenvalue weighted by molar-refractivity contribution is 6.13. The Hall–Kier alpha value is -3.80. The molecule has 2 aliphatic rings. The molecular formula is C28H27NO5. The number of nitrogens with one attached hydrogen (secondary N) is 1. The van der Waals surface area contributed by atoms with Crippen molar-refractivity contribution in [1.82, 2.24) is 0 Å². The quantitative estimate of drug-likeness (QED) is 0.517. The molecule has 6 heteroatoms. The van der Waals surface area contributed by atoms with E-state index in [0.717, 1.165) is 39.6 Å². The van der Waals surface area contributed by atoms with Crippen molar-refractivity contribution in [2.24, 2.45) is 5.41 Å². The number of para-hydroxylation sites is 1. The second-order valence-corrected chi connectivity index (χ2v) is 9.68. The van der Waals surface area contributed by atoms with Crippen molar-refractivity contribution in [2.45, 2.75) is 32.7 Å². The van der Waals surface area contributed by atoms with Crippen molar-refractivity contribution in [2.75, 3.05) is 19.0 Å². The topological polar surface area (TPSA) is 84.9 Å². The fourth-order valence-corrected chi connectivity index (χ4v) is 5.28. The van der Waals surface area contributed by atoms with Crippen LogP contribution in [0.3, 0.4) is 0 Å². The van der Waals surface area contributed by atoms with Crippen LogP contribution >= 0.6 is 0 Å². The minimum Gasteiger partial charge on any atom is -0.493 e. The van der Waals surface area contributed by atoms with Gasteiger partial charge in [0.05, 0.1) is 13.2 Å². The Balaban J connectivity index is 1.76. The summed E-state index contributed by atoms with van der Waals surface area (Å²) in [7, 11) is 1.52. The van der Waals surface area contributed by atoms with Crippen LogP contribution in [0.4, 0.5) is 5.69 Å². The number of rotatable bonds is 5. The fraction of sp³-hybridized carbons (Fsp3) is 0.286. The number of methoxy groups -OCH3 is 1. The zero-order valence-corrected chi connectivity index (χ0v) is 19.5. The maximum absolute atomic E-state index is 13.6. The van der Waals surface area contributed by atoms with Crippen LogP contribution in [-0.4, -0.2) is 30.6 Å². The minimum absolute atomic E-state index is 0.0920. The van der Waals surface area contributed by atoms with E-state index in [9.17, 15) is 14.7 Å². The summed E-state index contributed by atoms with van der Waals surface area (Å²) in [6, 6.07) is 17.3. The van der Waals surface area contributed by atoms with Gasteiger partial charge in [-0.25, -0.2) is 4.79 Å². The van der Waals surface area contributed by atoms with Crippen molar-refractivity contribution in [1.29, 1.82) is 0 Å². The zero-order valence-electron chi connectivity index (χ0n) is 19.5. The van der Waals surface area contributed by atoms with Crippen molar-refractivity contribution >= 4 is 33.8 Å². The molecule has 1 atom stereocenters. The summed E-state index contributed by atoms with van der Waals surface area (Å²) in [4.78, 5) is 24.9. The van der Waals surface area contributed by atoms with Gasteiger partial charge in [0.25, 0.3) is 0 Å². The van der Waals surface area contributed by atoms with E-state index in [2.05, 4.69) is 43.4 Å². The summed E-state index contributed by atoms with van der Waals surface area (Å²) in [5, 5.41) is 15.0. The molecule has 0 amide bonds. The van der Waals surface area contributed by atoms with Gasteiger partial charge in [-0.3, -0.25) is 4.79 Å². The molecule has 5 rings (SSSR count). The largest absolute Gasteiger partial charge is 0.493 e. The normalized spacial score (nSPS) is 18.7. The van der Waals surface area contributed by atoms with E-state index >= 15 is 0 Å². The number of anilines is 1. The summed E-state index contributed by atoms with van der Waals surface area (Å²) in [6.07, 6.45) is 1.21. The summed E-state index contributed by atoms with van der Waals surface area (Å²) >= 11 is 0. The molecule has 6 nitrogen and oxygen atoms in total. The summed E-state index contributed by atoms with van der Waals surface area (Å²) in [6.45, 7) is 3.75. The van der Waals surface area contributed by atoms with Crippen molar-refractivity contribution < 1.29 is 24.2 Å². The van der Waals surface area contributed by atoms with Crippen LogP contribution < -0.4 is 14.8 Å². The van der Waals surface area contributed by atoms with Gasteiger partial charge in [0.15, 0.2) is 23.9 Å². The van der Waals surface area contributed by atoms with Gasteiger partial charge in [0.2, 0.25) is 0 Å². The third kappa shape index (κ3) is 3.69. The lowest BCUT2D eigenvalue weighted by atomic mass is 9.67. The van der Waals surface area contributed by atoms with Gasteiger partial charge >= 0.3 is 5.97 Å². The average molecular weight is 458 g/mol. The molecular weight excluding hydrogens is 430 g/mol. The molecule has 2 N–H and O–H groups in total. The molecule has 0 unspecified atom stereocenters. The van der Waals surface area contributed by atoms with Gasteiger partial charge < -0.3 is 19.9 Å². The molecule has 0 fully saturated rings. The number of carboxylic acids is 1. The highest BCUT2D eigenvalue weighted by Crippen LogP contribution is 2.53. The lowest BCUT2D eigenvalue weighted by Crippen LogP contribution is -2.33. The van der Waals surface area contributed by atoms with E-state index in [-0.39, 0.29) is 11.2 Å². The molecule has 0 bridgehead atoms. The summed E-state index contributed by atoms with van der Waals surface area (Å²) in [5.41, 5.74) is 4.30. The number of hydrogen-bond donors (Lipinski definition) is 2. The summed E-state index contributed by atoms with van der Waals surface area (Å²) in [5.74, 6) is -0.232. The van der Waals surface area contributed by atoms with Crippen LogP contribution in [0.25, 0.3) is 16.3 Å². The van der Waals surface area contributed by atoms with E-state index < -0.39 is 18.6 Å². The number of benzene rings is 3. The predicted molar refractivity (Wildman–Crippen MR) is 131 cm³/mol. The first kappa shape index (κ1) is 22.0. The maximum atomic E-state index is 13.6. The van der Waals surface area contributed by atoms with Crippen LogP contribution in [-0.2, 0) is 9.59 Å². The van der Waals surface area contributed by atoms with Crippen LogP contribution in [0.5, 0.6) is 11.5 Å². The molecule has 1 aliphatic heterocycles. The average Bonchev–Trinajstić information content (AvgIpc) is 2.80. The smallest absolute Gasteiger partial charge is 0.341 e. The number of aliphatic carboxylic acids is 1. The van der Waals surface area contributed by atoms with Gasteiger partial charge in [-0.2, -0.15) is 0 Å². The number of fused-ring (bicyclic) bond motifs is 4. The SMILES string of the molecule is COc1cccc([C@H]2Nc3ccc4ccccc4c3C3=C2C(=O)CC(C)(C)C3)c1OCC(=O)O. The molecule has 3 aromatic rings. The van der Waals surface area contributed by atoms with Crippen molar-refractivity contribution in [3.63, 3.8) is 0 Å². The zero-order chi connectivity index (χ0) is 24.0. The Morgan fingerprint density at radius 1 is 1.09 bits per heavy atom. The minimum atomic E-state index is -1.08. The van der Waals surface area contributed by atoms with Crippen LogP contribution in [0, 0.1) is 5.41 Å². The van der Waals surface area contributed by atoms with Gasteiger partial charge in [0.1, 0.15) is 0 Å². The molecule has 0 radical (unpaired) electrons. The monoisotopic (exact) mass is 457 g/mol. The van der Waals surface area contributed by atoms with Gasteiger partial charge in [0, 0.05) is 28.8 Å². The maximum Gasteiger partial charge on any atom is 0.341 e. The van der Waals surface area contributed by atoms with Gasteiger partial charge in [-0.05, 0) is 40.3 Å². The van der Waals surface area contributed by atoms with Crippen LogP contribution in [0.2, 0.25) is 0 Å². The Kier molecular flexibility index (Phi) is 5.31. The molecule has 1 aliphatic carbocycles. The molecule has 0 saturated heterocycles. The van der Waals surface area contributed by atoms with E-state index in [4.69, 9.17) is 9.47 Å². The third-order valence-corrected chi connectivity index (χ3v) is 6.62. The Morgan fingerprint density at radius 3 is 2.65 bits per heavy atom. The first-order chi connectivity index (χ1) is 16.3. The lowest BCUT2D eigenvalue weighted by molar-refractivity contribution is -0.139. The Labute approximate surface area is 198 Å². The first-order valence-corrected chi connectivity index (χ1v) is 11.4. The number of Topliss-reactive ketones (excluding diaryl/α,β-unsaturated/α-hetero) is 1. The molecule has 3 aromatic carbocycles. The molecule has 174 valence electrons. The number of allylic oxidation sites excluding steroid dienone is 1. The highest BCUT2D eigenvalue weighted by atomic mass is 16.5. The Morgan fingerprint density at radius 2 is 1.88 bits per heavy atom. The van der Waals surface area contributed by atoms with E-state index in [1.807, 2.05) is 24.3 Å². The van der Waals surface area contributed by atoms with E-state index in [1.54, 1.807) is 6.07 Å². The lowest BCUT2D eigenvalue weighted by Gasteiger charge is -2.40. The summed E-state index contributed by atoms with van der Waals surface area (Å²) < 4.78 is 11.2. The molecule has 1 heterocycles. The number of ketones is 1. The fourth-order valence-electron chi connectivity index (χ4n) is 5.28. The molecule has 34 heavy (non-hydrogen) atoms. The molecule has 0 aromatic heterocycles. The second-order valence-electron chi connectivity index (χ2n) is 9.68. The molecule has 0 spiro atoms. The van der Waals surface area contributed by atoms with Crippen LogP contribution in [0.1, 0.15) is 43.9 Å². The second kappa shape index (κ2) is 8.20. The number of carbonyl (C=O) groups excluding carboxylic acids is 1. The van der Waals surface area contributed by atoms with Crippen molar-refractivity contribution in [3.05, 3.63) is 71.3 Å². The van der Waals surface area contributed by atoms with Gasteiger partial charge in [-0.1, -0.05) is 56.3 Å².